The normalized spacial score (nSPS) is 9.91. The summed E-state index contributed by atoms with van der Waals surface area (Å²) in [5.74, 6) is -1.77. The second-order valence-corrected chi connectivity index (χ2v) is 4.35. The van der Waals surface area contributed by atoms with E-state index in [1.165, 1.54) is 18.2 Å². The van der Waals surface area contributed by atoms with Crippen LogP contribution in [0.15, 0.2) is 48.5 Å². The third kappa shape index (κ3) is 4.05. The number of ether oxygens (including phenoxy) is 1. The van der Waals surface area contributed by atoms with Gasteiger partial charge in [-0.3, -0.25) is 9.59 Å². The highest BCUT2D eigenvalue weighted by molar-refractivity contribution is 6.43. The predicted molar refractivity (Wildman–Crippen MR) is 81.3 cm³/mol. The molecule has 2 amide bonds. The lowest BCUT2D eigenvalue weighted by atomic mass is 10.3. The van der Waals surface area contributed by atoms with Crippen molar-refractivity contribution in [2.75, 3.05) is 17.2 Å². The Kier molecular flexibility index (Phi) is 5.08. The first kappa shape index (κ1) is 15.5. The van der Waals surface area contributed by atoms with Gasteiger partial charge in [0.15, 0.2) is 0 Å². The largest absolute Gasteiger partial charge is 0.494 e. The molecular weight excluding hydrogens is 287 g/mol. The first-order chi connectivity index (χ1) is 10.6. The van der Waals surface area contributed by atoms with Gasteiger partial charge in [-0.2, -0.15) is 0 Å². The molecule has 0 saturated heterocycles. The summed E-state index contributed by atoms with van der Waals surface area (Å²) in [4.78, 5) is 23.5. The second-order valence-electron chi connectivity index (χ2n) is 4.35. The molecule has 114 valence electrons. The Balaban J connectivity index is 1.96. The quantitative estimate of drug-likeness (QED) is 0.853. The van der Waals surface area contributed by atoms with E-state index in [2.05, 4.69) is 10.6 Å². The Hall–Kier alpha value is -2.89. The number of para-hydroxylation sites is 1. The Bertz CT molecular complexity index is 671. The molecule has 2 aromatic carbocycles. The number of nitrogens with one attached hydrogen (secondary N) is 2. The molecule has 0 radical (unpaired) electrons. The van der Waals surface area contributed by atoms with Crippen molar-refractivity contribution < 1.29 is 18.7 Å². The minimum atomic E-state index is -0.945. The van der Waals surface area contributed by atoms with Crippen LogP contribution in [0.5, 0.6) is 5.75 Å². The van der Waals surface area contributed by atoms with Crippen molar-refractivity contribution in [3.05, 3.63) is 54.3 Å². The van der Waals surface area contributed by atoms with Gasteiger partial charge in [-0.1, -0.05) is 12.1 Å². The van der Waals surface area contributed by atoms with Crippen molar-refractivity contribution >= 4 is 23.2 Å². The molecule has 0 aromatic heterocycles. The third-order valence-corrected chi connectivity index (χ3v) is 2.75. The van der Waals surface area contributed by atoms with Crippen molar-refractivity contribution in [3.8, 4) is 5.75 Å². The Morgan fingerprint density at radius 3 is 2.27 bits per heavy atom. The van der Waals surface area contributed by atoms with Crippen LogP contribution in [-0.4, -0.2) is 18.4 Å². The fourth-order valence-corrected chi connectivity index (χ4v) is 1.73. The van der Waals surface area contributed by atoms with Gasteiger partial charge >= 0.3 is 11.8 Å². The number of amides is 2. The highest BCUT2D eigenvalue weighted by atomic mass is 19.1. The summed E-state index contributed by atoms with van der Waals surface area (Å²) in [6, 6.07) is 12.2. The van der Waals surface area contributed by atoms with Crippen molar-refractivity contribution in [1.29, 1.82) is 0 Å². The number of hydrogen-bond donors (Lipinski definition) is 2. The van der Waals surface area contributed by atoms with Gasteiger partial charge in [-0.15, -0.1) is 0 Å². The van der Waals surface area contributed by atoms with Crippen molar-refractivity contribution in [2.24, 2.45) is 0 Å². The maximum absolute atomic E-state index is 13.4. The number of anilines is 2. The molecule has 0 spiro atoms. The van der Waals surface area contributed by atoms with E-state index in [0.29, 0.717) is 18.0 Å². The van der Waals surface area contributed by atoms with Crippen LogP contribution in [0.3, 0.4) is 0 Å². The first-order valence-electron chi connectivity index (χ1n) is 6.70. The van der Waals surface area contributed by atoms with Gasteiger partial charge < -0.3 is 15.4 Å². The minimum Gasteiger partial charge on any atom is -0.494 e. The van der Waals surface area contributed by atoms with Gasteiger partial charge in [-0.05, 0) is 43.3 Å². The highest BCUT2D eigenvalue weighted by Gasteiger charge is 2.15. The molecule has 0 saturated carbocycles. The average molecular weight is 302 g/mol. The molecule has 0 fully saturated rings. The van der Waals surface area contributed by atoms with Gasteiger partial charge in [-0.25, -0.2) is 4.39 Å². The molecule has 22 heavy (non-hydrogen) atoms. The van der Waals surface area contributed by atoms with Gasteiger partial charge in [0.2, 0.25) is 0 Å². The summed E-state index contributed by atoms with van der Waals surface area (Å²) >= 11 is 0. The number of rotatable bonds is 4. The molecule has 0 bridgehead atoms. The van der Waals surface area contributed by atoms with Gasteiger partial charge in [0.1, 0.15) is 11.6 Å². The van der Waals surface area contributed by atoms with E-state index in [4.69, 9.17) is 4.74 Å². The van der Waals surface area contributed by atoms with E-state index in [1.54, 1.807) is 30.3 Å². The minimum absolute atomic E-state index is 0.0469. The monoisotopic (exact) mass is 302 g/mol. The average Bonchev–Trinajstić information content (AvgIpc) is 2.51. The number of carbonyl (C=O) groups is 2. The highest BCUT2D eigenvalue weighted by Crippen LogP contribution is 2.16. The number of carbonyl (C=O) groups excluding carboxylic acids is 2. The van der Waals surface area contributed by atoms with Crippen LogP contribution in [0.2, 0.25) is 0 Å². The molecule has 6 heteroatoms. The number of benzene rings is 2. The van der Waals surface area contributed by atoms with E-state index in [0.717, 1.165) is 0 Å². The molecule has 0 heterocycles. The molecule has 5 nitrogen and oxygen atoms in total. The van der Waals surface area contributed by atoms with Crippen LogP contribution in [0.1, 0.15) is 6.92 Å². The van der Waals surface area contributed by atoms with Crippen LogP contribution in [-0.2, 0) is 9.59 Å². The Morgan fingerprint density at radius 1 is 1.00 bits per heavy atom. The SMILES string of the molecule is CCOc1ccc(NC(=O)C(=O)Nc2ccccc2F)cc1. The van der Waals surface area contributed by atoms with E-state index in [1.807, 2.05) is 6.92 Å². The predicted octanol–water partition coefficient (Wildman–Crippen LogP) is 2.80. The summed E-state index contributed by atoms with van der Waals surface area (Å²) < 4.78 is 18.7. The lowest BCUT2D eigenvalue weighted by molar-refractivity contribution is -0.133. The smallest absolute Gasteiger partial charge is 0.314 e. The molecule has 2 rings (SSSR count). The summed E-state index contributed by atoms with van der Waals surface area (Å²) in [5, 5.41) is 4.63. The molecule has 0 aliphatic carbocycles. The molecule has 0 aliphatic heterocycles. The maximum atomic E-state index is 13.4. The Morgan fingerprint density at radius 2 is 1.64 bits per heavy atom. The van der Waals surface area contributed by atoms with Crippen LogP contribution >= 0.6 is 0 Å². The lowest BCUT2D eigenvalue weighted by Gasteiger charge is -2.08. The van der Waals surface area contributed by atoms with Crippen LogP contribution in [0.25, 0.3) is 0 Å². The van der Waals surface area contributed by atoms with Crippen molar-refractivity contribution in [2.45, 2.75) is 6.92 Å². The maximum Gasteiger partial charge on any atom is 0.314 e. The van der Waals surface area contributed by atoms with Crippen LogP contribution in [0.4, 0.5) is 15.8 Å². The molecule has 0 aliphatic rings. The molecule has 2 aromatic rings. The van der Waals surface area contributed by atoms with Crippen LogP contribution in [0, 0.1) is 5.82 Å². The van der Waals surface area contributed by atoms with Crippen molar-refractivity contribution in [1.82, 2.24) is 0 Å². The fourth-order valence-electron chi connectivity index (χ4n) is 1.73. The van der Waals surface area contributed by atoms with Crippen LogP contribution < -0.4 is 15.4 Å². The van der Waals surface area contributed by atoms with Gasteiger partial charge in [0.05, 0.1) is 12.3 Å². The first-order valence-corrected chi connectivity index (χ1v) is 6.70. The number of halogens is 1. The van der Waals surface area contributed by atoms with E-state index < -0.39 is 17.6 Å². The summed E-state index contributed by atoms with van der Waals surface area (Å²) in [5.41, 5.74) is 0.395. The molecule has 0 atom stereocenters. The molecule has 2 N–H and O–H groups in total. The van der Waals surface area contributed by atoms with Gasteiger partial charge in [0.25, 0.3) is 0 Å². The third-order valence-electron chi connectivity index (χ3n) is 2.75. The summed E-state index contributed by atoms with van der Waals surface area (Å²) in [6.07, 6.45) is 0. The van der Waals surface area contributed by atoms with E-state index in [-0.39, 0.29) is 5.69 Å². The zero-order valence-corrected chi connectivity index (χ0v) is 11.9. The Labute approximate surface area is 127 Å². The molecule has 0 unspecified atom stereocenters. The second kappa shape index (κ2) is 7.21. The fraction of sp³-hybridized carbons (Fsp3) is 0.125. The zero-order valence-electron chi connectivity index (χ0n) is 11.9. The zero-order chi connectivity index (χ0) is 15.9. The van der Waals surface area contributed by atoms with E-state index >= 15 is 0 Å². The standard InChI is InChI=1S/C16H15FN2O3/c1-2-22-12-9-7-11(8-10-12)18-15(20)16(21)19-14-6-4-3-5-13(14)17/h3-10H,2H2,1H3,(H,18,20)(H,19,21). The number of hydrogen-bond acceptors (Lipinski definition) is 3. The van der Waals surface area contributed by atoms with Gasteiger partial charge in [0, 0.05) is 5.69 Å². The van der Waals surface area contributed by atoms with Crippen molar-refractivity contribution in [3.63, 3.8) is 0 Å². The summed E-state index contributed by atoms with van der Waals surface area (Å²) in [6.45, 7) is 2.40. The topological polar surface area (TPSA) is 67.4 Å². The van der Waals surface area contributed by atoms with E-state index in [9.17, 15) is 14.0 Å². The lowest BCUT2D eigenvalue weighted by Crippen LogP contribution is -2.29. The molecular formula is C16H15FN2O3. The summed E-state index contributed by atoms with van der Waals surface area (Å²) in [7, 11) is 0.